The fraction of sp³-hybridized carbons (Fsp3) is 0.667. The van der Waals surface area contributed by atoms with Gasteiger partial charge in [-0.25, -0.2) is 4.98 Å². The molecule has 92 valence electrons. The van der Waals surface area contributed by atoms with Crippen molar-refractivity contribution in [3.63, 3.8) is 0 Å². The highest BCUT2D eigenvalue weighted by Gasteiger charge is 2.10. The van der Waals surface area contributed by atoms with Gasteiger partial charge in [0.05, 0.1) is 6.20 Å². The number of aromatic nitrogens is 2. The first-order valence-electron chi connectivity index (χ1n) is 6.18. The van der Waals surface area contributed by atoms with E-state index in [-0.39, 0.29) is 0 Å². The molecule has 1 N–H and O–H groups in total. The van der Waals surface area contributed by atoms with E-state index < -0.39 is 0 Å². The van der Waals surface area contributed by atoms with E-state index in [0.717, 1.165) is 32.0 Å². The van der Waals surface area contributed by atoms with Gasteiger partial charge in [0.15, 0.2) is 0 Å². The molecule has 0 unspecified atom stereocenters. The summed E-state index contributed by atoms with van der Waals surface area (Å²) in [6.45, 7) is 12.1. The van der Waals surface area contributed by atoms with Crippen molar-refractivity contribution in [3.8, 4) is 0 Å². The molecular formula is C12H24N4. The smallest absolute Gasteiger partial charge is 0.147 e. The standard InChI is InChI=1S/C8H12N4.2C2H6/c1-2-11-8(7-10-1)12-5-3-9-4-6-12;2*1-2/h1-2,7,9H,3-6H2;2*1-2H3. The SMILES string of the molecule is CC.CC.c1cnc(N2CCNCC2)cn1. The molecule has 2 rings (SSSR count). The van der Waals surface area contributed by atoms with Crippen LogP contribution in [0.5, 0.6) is 0 Å². The largest absolute Gasteiger partial charge is 0.353 e. The first-order chi connectivity index (χ1) is 7.97. The number of piperazine rings is 1. The molecule has 2 heterocycles. The van der Waals surface area contributed by atoms with Crippen LogP contribution < -0.4 is 10.2 Å². The van der Waals surface area contributed by atoms with Crippen molar-refractivity contribution in [1.82, 2.24) is 15.3 Å². The molecular weight excluding hydrogens is 200 g/mol. The zero-order chi connectivity index (χ0) is 12.2. The van der Waals surface area contributed by atoms with Crippen molar-refractivity contribution in [2.75, 3.05) is 31.1 Å². The second-order valence-corrected chi connectivity index (χ2v) is 2.80. The van der Waals surface area contributed by atoms with Gasteiger partial charge in [-0.05, 0) is 0 Å². The second kappa shape index (κ2) is 10.4. The van der Waals surface area contributed by atoms with E-state index in [4.69, 9.17) is 0 Å². The van der Waals surface area contributed by atoms with Gasteiger partial charge in [0, 0.05) is 38.6 Å². The van der Waals surface area contributed by atoms with E-state index in [1.165, 1.54) is 0 Å². The maximum atomic E-state index is 4.24. The lowest BCUT2D eigenvalue weighted by molar-refractivity contribution is 0.584. The molecule has 0 saturated carbocycles. The Kier molecular flexibility index (Phi) is 9.61. The van der Waals surface area contributed by atoms with E-state index in [1.807, 2.05) is 33.9 Å². The van der Waals surface area contributed by atoms with Gasteiger partial charge in [0.2, 0.25) is 0 Å². The lowest BCUT2D eigenvalue weighted by Gasteiger charge is -2.27. The third kappa shape index (κ3) is 5.07. The number of nitrogens with zero attached hydrogens (tertiary/aromatic N) is 3. The molecule has 0 spiro atoms. The van der Waals surface area contributed by atoms with E-state index in [9.17, 15) is 0 Å². The van der Waals surface area contributed by atoms with Gasteiger partial charge in [-0.15, -0.1) is 0 Å². The molecule has 0 aromatic carbocycles. The highest BCUT2D eigenvalue weighted by atomic mass is 15.2. The number of rotatable bonds is 1. The fourth-order valence-electron chi connectivity index (χ4n) is 1.35. The highest BCUT2D eigenvalue weighted by Crippen LogP contribution is 2.07. The van der Waals surface area contributed by atoms with Gasteiger partial charge < -0.3 is 10.2 Å². The van der Waals surface area contributed by atoms with E-state index in [0.29, 0.717) is 0 Å². The van der Waals surface area contributed by atoms with E-state index in [2.05, 4.69) is 20.2 Å². The van der Waals surface area contributed by atoms with Gasteiger partial charge in [-0.2, -0.15) is 0 Å². The molecule has 1 aliphatic heterocycles. The van der Waals surface area contributed by atoms with Gasteiger partial charge >= 0.3 is 0 Å². The minimum absolute atomic E-state index is 0.985. The summed E-state index contributed by atoms with van der Waals surface area (Å²) in [5, 5.41) is 3.29. The van der Waals surface area contributed by atoms with Gasteiger partial charge in [0.25, 0.3) is 0 Å². The Labute approximate surface area is 99.1 Å². The molecule has 0 amide bonds. The first-order valence-corrected chi connectivity index (χ1v) is 6.18. The third-order valence-electron chi connectivity index (χ3n) is 1.99. The molecule has 0 aliphatic carbocycles. The Bertz CT molecular complexity index is 232. The number of anilines is 1. The van der Waals surface area contributed by atoms with Gasteiger partial charge in [-0.1, -0.05) is 27.7 Å². The second-order valence-electron chi connectivity index (χ2n) is 2.80. The van der Waals surface area contributed by atoms with Crippen LogP contribution in [0, 0.1) is 0 Å². The number of nitrogens with one attached hydrogen (secondary N) is 1. The normalized spacial score (nSPS) is 14.1. The molecule has 0 atom stereocenters. The quantitative estimate of drug-likeness (QED) is 0.791. The Morgan fingerprint density at radius 3 is 2.19 bits per heavy atom. The molecule has 0 bridgehead atoms. The molecule has 1 aromatic heterocycles. The average molecular weight is 224 g/mol. The van der Waals surface area contributed by atoms with Gasteiger partial charge in [0.1, 0.15) is 5.82 Å². The minimum atomic E-state index is 0.985. The number of hydrogen-bond acceptors (Lipinski definition) is 4. The minimum Gasteiger partial charge on any atom is -0.353 e. The van der Waals surface area contributed by atoms with E-state index in [1.54, 1.807) is 12.4 Å². The Morgan fingerprint density at radius 2 is 1.69 bits per heavy atom. The zero-order valence-corrected chi connectivity index (χ0v) is 10.9. The molecule has 4 nitrogen and oxygen atoms in total. The van der Waals surface area contributed by atoms with Crippen molar-refractivity contribution in [1.29, 1.82) is 0 Å². The molecule has 1 fully saturated rings. The predicted molar refractivity (Wildman–Crippen MR) is 69.8 cm³/mol. The van der Waals surface area contributed by atoms with Crippen LogP contribution >= 0.6 is 0 Å². The van der Waals surface area contributed by atoms with Crippen LogP contribution in [0.25, 0.3) is 0 Å². The summed E-state index contributed by atoms with van der Waals surface area (Å²) < 4.78 is 0. The lowest BCUT2D eigenvalue weighted by Crippen LogP contribution is -2.43. The topological polar surface area (TPSA) is 41.1 Å². The molecule has 1 aliphatic rings. The monoisotopic (exact) mass is 224 g/mol. The summed E-state index contributed by atoms with van der Waals surface area (Å²) >= 11 is 0. The highest BCUT2D eigenvalue weighted by molar-refractivity contribution is 5.35. The summed E-state index contributed by atoms with van der Waals surface area (Å²) in [4.78, 5) is 10.5. The first kappa shape index (κ1) is 14.8. The third-order valence-corrected chi connectivity index (χ3v) is 1.99. The van der Waals surface area contributed by atoms with Crippen LogP contribution in [0.4, 0.5) is 5.82 Å². The van der Waals surface area contributed by atoms with Crippen molar-refractivity contribution in [3.05, 3.63) is 18.6 Å². The van der Waals surface area contributed by atoms with Crippen molar-refractivity contribution in [2.45, 2.75) is 27.7 Å². The van der Waals surface area contributed by atoms with Crippen molar-refractivity contribution >= 4 is 5.82 Å². The van der Waals surface area contributed by atoms with Crippen LogP contribution in [0.3, 0.4) is 0 Å². The Hall–Kier alpha value is -1.16. The Balaban J connectivity index is 0.000000509. The molecule has 1 aromatic rings. The van der Waals surface area contributed by atoms with E-state index >= 15 is 0 Å². The molecule has 1 saturated heterocycles. The lowest BCUT2D eigenvalue weighted by atomic mass is 10.4. The van der Waals surface area contributed by atoms with Crippen LogP contribution in [0.15, 0.2) is 18.6 Å². The molecule has 4 heteroatoms. The number of hydrogen-bond donors (Lipinski definition) is 1. The summed E-state index contributed by atoms with van der Waals surface area (Å²) in [5.41, 5.74) is 0. The molecule has 16 heavy (non-hydrogen) atoms. The summed E-state index contributed by atoms with van der Waals surface area (Å²) in [5.74, 6) is 0.985. The van der Waals surface area contributed by atoms with Crippen molar-refractivity contribution < 1.29 is 0 Å². The summed E-state index contributed by atoms with van der Waals surface area (Å²) in [7, 11) is 0. The van der Waals surface area contributed by atoms with Crippen molar-refractivity contribution in [2.24, 2.45) is 0 Å². The summed E-state index contributed by atoms with van der Waals surface area (Å²) in [6, 6.07) is 0. The van der Waals surface area contributed by atoms with Crippen LogP contribution in [-0.4, -0.2) is 36.1 Å². The van der Waals surface area contributed by atoms with Crippen LogP contribution in [-0.2, 0) is 0 Å². The average Bonchev–Trinajstić information content (AvgIpc) is 2.45. The zero-order valence-electron chi connectivity index (χ0n) is 10.9. The van der Waals surface area contributed by atoms with Crippen LogP contribution in [0.1, 0.15) is 27.7 Å². The predicted octanol–water partition coefficient (Wildman–Crippen LogP) is 1.94. The maximum Gasteiger partial charge on any atom is 0.147 e. The fourth-order valence-corrected chi connectivity index (χ4v) is 1.35. The molecule has 0 radical (unpaired) electrons. The maximum absolute atomic E-state index is 4.24. The van der Waals surface area contributed by atoms with Crippen LogP contribution in [0.2, 0.25) is 0 Å². The Morgan fingerprint density at radius 1 is 1.06 bits per heavy atom. The van der Waals surface area contributed by atoms with Gasteiger partial charge in [-0.3, -0.25) is 4.98 Å². The summed E-state index contributed by atoms with van der Waals surface area (Å²) in [6.07, 6.45) is 5.24.